The number of ether oxygens (including phenoxy) is 1. The second-order valence-electron chi connectivity index (χ2n) is 5.45. The van der Waals surface area contributed by atoms with Gasteiger partial charge in [-0.1, -0.05) is 19.1 Å². The van der Waals surface area contributed by atoms with E-state index in [0.29, 0.717) is 12.4 Å². The summed E-state index contributed by atoms with van der Waals surface area (Å²) in [4.78, 5) is 6.16. The van der Waals surface area contributed by atoms with Crippen LogP contribution in [0.3, 0.4) is 0 Å². The summed E-state index contributed by atoms with van der Waals surface area (Å²) in [5.41, 5.74) is 3.00. The smallest absolute Gasteiger partial charge is 0.204 e. The van der Waals surface area contributed by atoms with E-state index in [1.165, 1.54) is 5.01 Å². The van der Waals surface area contributed by atoms with Crippen molar-refractivity contribution in [3.63, 3.8) is 0 Å². The van der Waals surface area contributed by atoms with Gasteiger partial charge < -0.3 is 4.74 Å². The zero-order valence-corrected chi connectivity index (χ0v) is 15.5. The molecular formula is C18H21N5OS. The van der Waals surface area contributed by atoms with Crippen LogP contribution in [0, 0.1) is 0 Å². The van der Waals surface area contributed by atoms with Crippen LogP contribution in [0.1, 0.15) is 30.1 Å². The standard InChI is InChI=1S/C18H21N5OS/c1-4-17-19-15(12-25-17)8-6-7-13-11-14(9-10-16(13)24-3)18-20-22-23(5-2)21-18/h6-7,9-12H,4-5,8H2,1-3H3/b7-6+. The first-order chi connectivity index (χ1) is 12.2. The van der Waals surface area contributed by atoms with Crippen molar-refractivity contribution in [2.75, 3.05) is 7.11 Å². The number of hydrogen-bond acceptors (Lipinski definition) is 6. The van der Waals surface area contributed by atoms with Gasteiger partial charge in [0.1, 0.15) is 5.75 Å². The van der Waals surface area contributed by atoms with E-state index in [-0.39, 0.29) is 0 Å². The molecule has 0 radical (unpaired) electrons. The molecule has 0 saturated heterocycles. The number of aryl methyl sites for hydroxylation is 2. The summed E-state index contributed by atoms with van der Waals surface area (Å²) < 4.78 is 5.46. The summed E-state index contributed by atoms with van der Waals surface area (Å²) in [6.07, 6.45) is 5.94. The summed E-state index contributed by atoms with van der Waals surface area (Å²) >= 11 is 1.71. The van der Waals surface area contributed by atoms with Gasteiger partial charge in [0.25, 0.3) is 0 Å². The number of thiazole rings is 1. The first kappa shape index (κ1) is 17.3. The predicted octanol–water partition coefficient (Wildman–Crippen LogP) is 3.64. The molecule has 130 valence electrons. The SMILES string of the molecule is CCc1nc(C/C=C/c2cc(-c3nnn(CC)n3)ccc2OC)cs1. The molecule has 0 unspecified atom stereocenters. The number of tetrazole rings is 1. The van der Waals surface area contributed by atoms with Crippen LogP contribution in [0.25, 0.3) is 17.5 Å². The fraction of sp³-hybridized carbons (Fsp3) is 0.333. The second kappa shape index (κ2) is 8.02. The molecule has 3 rings (SSSR count). The molecule has 2 aromatic heterocycles. The average molecular weight is 355 g/mol. The van der Waals surface area contributed by atoms with Crippen molar-refractivity contribution in [1.82, 2.24) is 25.2 Å². The van der Waals surface area contributed by atoms with Gasteiger partial charge in [-0.3, -0.25) is 0 Å². The molecular weight excluding hydrogens is 334 g/mol. The van der Waals surface area contributed by atoms with Gasteiger partial charge in [-0.25, -0.2) is 4.98 Å². The monoisotopic (exact) mass is 355 g/mol. The lowest BCUT2D eigenvalue weighted by Crippen LogP contribution is -1.98. The number of methoxy groups -OCH3 is 1. The largest absolute Gasteiger partial charge is 0.496 e. The number of nitrogens with zero attached hydrogens (tertiary/aromatic N) is 5. The Morgan fingerprint density at radius 2 is 2.16 bits per heavy atom. The summed E-state index contributed by atoms with van der Waals surface area (Å²) in [5.74, 6) is 1.43. The van der Waals surface area contributed by atoms with Crippen molar-refractivity contribution >= 4 is 17.4 Å². The topological polar surface area (TPSA) is 65.7 Å². The van der Waals surface area contributed by atoms with Crippen LogP contribution in [0.5, 0.6) is 5.75 Å². The van der Waals surface area contributed by atoms with Crippen LogP contribution in [0.4, 0.5) is 0 Å². The molecule has 2 heterocycles. The Labute approximate surface area is 151 Å². The Hall–Kier alpha value is -2.54. The predicted molar refractivity (Wildman–Crippen MR) is 99.7 cm³/mol. The van der Waals surface area contributed by atoms with Crippen LogP contribution in [-0.4, -0.2) is 32.3 Å². The quantitative estimate of drug-likeness (QED) is 0.647. The number of benzene rings is 1. The van der Waals surface area contributed by atoms with Crippen molar-refractivity contribution < 1.29 is 4.74 Å². The minimum absolute atomic E-state index is 0.617. The first-order valence-electron chi connectivity index (χ1n) is 8.29. The maximum absolute atomic E-state index is 5.46. The lowest BCUT2D eigenvalue weighted by atomic mass is 10.1. The molecule has 0 aliphatic rings. The third-order valence-electron chi connectivity index (χ3n) is 3.75. The average Bonchev–Trinajstić information content (AvgIpc) is 3.31. The lowest BCUT2D eigenvalue weighted by Gasteiger charge is -2.06. The van der Waals surface area contributed by atoms with Gasteiger partial charge in [0.2, 0.25) is 5.82 Å². The van der Waals surface area contributed by atoms with E-state index in [0.717, 1.165) is 35.4 Å². The van der Waals surface area contributed by atoms with Crippen molar-refractivity contribution in [3.05, 3.63) is 45.9 Å². The Morgan fingerprint density at radius 1 is 1.28 bits per heavy atom. The van der Waals surface area contributed by atoms with Gasteiger partial charge in [-0.2, -0.15) is 4.80 Å². The van der Waals surface area contributed by atoms with Crippen LogP contribution in [0.15, 0.2) is 29.7 Å². The van der Waals surface area contributed by atoms with E-state index in [4.69, 9.17) is 4.74 Å². The number of aromatic nitrogens is 5. The summed E-state index contributed by atoms with van der Waals surface area (Å²) in [6, 6.07) is 5.89. The maximum atomic E-state index is 5.46. The van der Waals surface area contributed by atoms with E-state index in [2.05, 4.69) is 44.9 Å². The van der Waals surface area contributed by atoms with Gasteiger partial charge in [-0.05, 0) is 36.8 Å². The van der Waals surface area contributed by atoms with Gasteiger partial charge >= 0.3 is 0 Å². The molecule has 0 aliphatic heterocycles. The maximum Gasteiger partial charge on any atom is 0.204 e. The van der Waals surface area contributed by atoms with E-state index >= 15 is 0 Å². The Kier molecular flexibility index (Phi) is 5.55. The third kappa shape index (κ3) is 4.11. The molecule has 0 saturated carbocycles. The molecule has 0 fully saturated rings. The summed E-state index contributed by atoms with van der Waals surface area (Å²) in [6.45, 7) is 4.80. The molecule has 0 N–H and O–H groups in total. The first-order valence-corrected chi connectivity index (χ1v) is 9.17. The van der Waals surface area contributed by atoms with Gasteiger partial charge in [0.05, 0.1) is 24.4 Å². The van der Waals surface area contributed by atoms with Gasteiger partial charge in [-0.15, -0.1) is 21.5 Å². The fourth-order valence-corrected chi connectivity index (χ4v) is 3.17. The van der Waals surface area contributed by atoms with Crippen LogP contribution < -0.4 is 4.74 Å². The molecule has 3 aromatic rings. The van der Waals surface area contributed by atoms with Crippen molar-refractivity contribution in [2.45, 2.75) is 33.2 Å². The number of rotatable bonds is 7. The Bertz CT molecular complexity index is 868. The molecule has 25 heavy (non-hydrogen) atoms. The molecule has 0 atom stereocenters. The normalized spacial score (nSPS) is 11.3. The van der Waals surface area contributed by atoms with Gasteiger partial charge in [0.15, 0.2) is 0 Å². The Morgan fingerprint density at radius 3 is 2.84 bits per heavy atom. The van der Waals surface area contributed by atoms with Crippen LogP contribution in [0.2, 0.25) is 0 Å². The molecule has 0 aliphatic carbocycles. The highest BCUT2D eigenvalue weighted by Gasteiger charge is 2.08. The number of allylic oxidation sites excluding steroid dienone is 1. The third-order valence-corrected chi connectivity index (χ3v) is 4.79. The molecule has 7 heteroatoms. The highest BCUT2D eigenvalue weighted by atomic mass is 32.1. The summed E-state index contributed by atoms with van der Waals surface area (Å²) in [5, 5.41) is 15.8. The van der Waals surface area contributed by atoms with Crippen molar-refractivity contribution in [3.8, 4) is 17.1 Å². The lowest BCUT2D eigenvalue weighted by molar-refractivity contribution is 0.414. The Balaban J connectivity index is 1.80. The molecule has 6 nitrogen and oxygen atoms in total. The summed E-state index contributed by atoms with van der Waals surface area (Å²) in [7, 11) is 1.67. The zero-order valence-electron chi connectivity index (χ0n) is 14.6. The van der Waals surface area contributed by atoms with E-state index in [1.54, 1.807) is 23.2 Å². The minimum atomic E-state index is 0.617. The second-order valence-corrected chi connectivity index (χ2v) is 6.39. The molecule has 0 spiro atoms. The fourth-order valence-electron chi connectivity index (χ4n) is 2.41. The van der Waals surface area contributed by atoms with Crippen molar-refractivity contribution in [2.24, 2.45) is 0 Å². The van der Waals surface area contributed by atoms with E-state index in [9.17, 15) is 0 Å². The molecule has 0 bridgehead atoms. The number of hydrogen-bond donors (Lipinski definition) is 0. The highest BCUT2D eigenvalue weighted by Crippen LogP contribution is 2.26. The minimum Gasteiger partial charge on any atom is -0.496 e. The zero-order chi connectivity index (χ0) is 17.6. The van der Waals surface area contributed by atoms with Gasteiger partial charge in [0, 0.05) is 22.9 Å². The molecule has 0 amide bonds. The van der Waals surface area contributed by atoms with E-state index < -0.39 is 0 Å². The highest BCUT2D eigenvalue weighted by molar-refractivity contribution is 7.09. The van der Waals surface area contributed by atoms with Crippen LogP contribution in [-0.2, 0) is 19.4 Å². The molecule has 1 aromatic carbocycles. The van der Waals surface area contributed by atoms with Crippen molar-refractivity contribution in [1.29, 1.82) is 0 Å². The van der Waals surface area contributed by atoms with Crippen LogP contribution >= 0.6 is 11.3 Å². The van der Waals surface area contributed by atoms with E-state index in [1.807, 2.05) is 25.1 Å².